The largest absolute Gasteiger partial charge is 0.384 e. The Labute approximate surface area is 108 Å². The third-order valence-electron chi connectivity index (χ3n) is 2.60. The fourth-order valence-corrected chi connectivity index (χ4v) is 2.33. The minimum absolute atomic E-state index is 0.508. The van der Waals surface area contributed by atoms with Crippen LogP contribution in [0, 0.1) is 0 Å². The number of imidazole rings is 1. The fraction of sp³-hybridized carbons (Fsp3) is 0.0833. The smallest absolute Gasteiger partial charge is 0.123 e. The summed E-state index contributed by atoms with van der Waals surface area (Å²) < 4.78 is 2.05. The molecule has 0 spiro atoms. The number of nitrogens with zero attached hydrogens (tertiary/aromatic N) is 4. The topological polar surface area (TPSA) is 69.6 Å². The van der Waals surface area contributed by atoms with E-state index < -0.39 is 0 Å². The second kappa shape index (κ2) is 4.58. The molecule has 0 aliphatic heterocycles. The van der Waals surface area contributed by atoms with E-state index in [1.807, 2.05) is 33.8 Å². The van der Waals surface area contributed by atoms with Gasteiger partial charge in [0, 0.05) is 17.1 Å². The molecule has 0 unspecified atom stereocenters. The molecule has 2 N–H and O–H groups in total. The molecular formula is C12H11N5S. The van der Waals surface area contributed by atoms with Crippen LogP contribution in [0.1, 0.15) is 5.69 Å². The summed E-state index contributed by atoms with van der Waals surface area (Å²) in [5.41, 5.74) is 10.6. The molecule has 3 rings (SSSR count). The Balaban J connectivity index is 1.96. The SMILES string of the molecule is Nc1cc(-c2cncn2Cc2cscn2)ccn1. The second-order valence-electron chi connectivity index (χ2n) is 3.86. The van der Waals surface area contributed by atoms with Crippen molar-refractivity contribution in [2.45, 2.75) is 6.54 Å². The molecule has 0 radical (unpaired) electrons. The lowest BCUT2D eigenvalue weighted by molar-refractivity contribution is 0.786. The van der Waals surface area contributed by atoms with Crippen LogP contribution in [0.4, 0.5) is 5.82 Å². The molecule has 0 bridgehead atoms. The maximum Gasteiger partial charge on any atom is 0.123 e. The van der Waals surface area contributed by atoms with Crippen molar-refractivity contribution in [1.82, 2.24) is 19.5 Å². The quantitative estimate of drug-likeness (QED) is 0.779. The first kappa shape index (κ1) is 10.9. The molecule has 0 amide bonds. The number of nitrogens with two attached hydrogens (primary N) is 1. The molecule has 5 nitrogen and oxygen atoms in total. The average Bonchev–Trinajstić information content (AvgIpc) is 3.01. The van der Waals surface area contributed by atoms with Gasteiger partial charge in [0.25, 0.3) is 0 Å². The molecule has 0 atom stereocenters. The molecule has 0 saturated heterocycles. The van der Waals surface area contributed by atoms with Crippen LogP contribution in [0.2, 0.25) is 0 Å². The second-order valence-corrected chi connectivity index (χ2v) is 4.57. The van der Waals surface area contributed by atoms with E-state index in [4.69, 9.17) is 5.73 Å². The maximum absolute atomic E-state index is 5.70. The molecule has 18 heavy (non-hydrogen) atoms. The molecule has 0 aliphatic rings. The highest BCUT2D eigenvalue weighted by atomic mass is 32.1. The van der Waals surface area contributed by atoms with E-state index in [0.29, 0.717) is 12.4 Å². The summed E-state index contributed by atoms with van der Waals surface area (Å²) in [6, 6.07) is 3.76. The zero-order chi connectivity index (χ0) is 12.4. The van der Waals surface area contributed by atoms with Gasteiger partial charge in [-0.05, 0) is 12.1 Å². The van der Waals surface area contributed by atoms with E-state index in [-0.39, 0.29) is 0 Å². The van der Waals surface area contributed by atoms with Gasteiger partial charge in [-0.2, -0.15) is 0 Å². The van der Waals surface area contributed by atoms with Crippen LogP contribution < -0.4 is 5.73 Å². The van der Waals surface area contributed by atoms with Gasteiger partial charge in [0.2, 0.25) is 0 Å². The first-order valence-corrected chi connectivity index (χ1v) is 6.36. The highest BCUT2D eigenvalue weighted by molar-refractivity contribution is 7.07. The van der Waals surface area contributed by atoms with E-state index in [2.05, 4.69) is 15.0 Å². The molecule has 3 aromatic rings. The third-order valence-corrected chi connectivity index (χ3v) is 3.24. The standard InChI is InChI=1S/C12H11N5S/c13-12-3-9(1-2-15-12)11-4-14-7-17(11)5-10-6-18-8-16-10/h1-4,6-8H,5H2,(H2,13,15). The summed E-state index contributed by atoms with van der Waals surface area (Å²) >= 11 is 1.59. The molecule has 3 aromatic heterocycles. The Bertz CT molecular complexity index is 644. The Morgan fingerprint density at radius 2 is 2.28 bits per heavy atom. The molecule has 0 aliphatic carbocycles. The maximum atomic E-state index is 5.70. The summed E-state index contributed by atoms with van der Waals surface area (Å²) in [6.07, 6.45) is 5.32. The van der Waals surface area contributed by atoms with Gasteiger partial charge in [0.05, 0.1) is 36.0 Å². The Hall–Kier alpha value is -2.21. The van der Waals surface area contributed by atoms with Crippen molar-refractivity contribution in [2.24, 2.45) is 0 Å². The van der Waals surface area contributed by atoms with Crippen LogP contribution in [0.3, 0.4) is 0 Å². The van der Waals surface area contributed by atoms with Crippen molar-refractivity contribution in [3.63, 3.8) is 0 Å². The van der Waals surface area contributed by atoms with E-state index >= 15 is 0 Å². The van der Waals surface area contributed by atoms with Crippen LogP contribution in [-0.4, -0.2) is 19.5 Å². The van der Waals surface area contributed by atoms with E-state index in [1.165, 1.54) is 0 Å². The zero-order valence-corrected chi connectivity index (χ0v) is 10.3. The first-order chi connectivity index (χ1) is 8.83. The first-order valence-electron chi connectivity index (χ1n) is 5.42. The monoisotopic (exact) mass is 257 g/mol. The minimum Gasteiger partial charge on any atom is -0.384 e. The molecule has 0 aromatic carbocycles. The highest BCUT2D eigenvalue weighted by Gasteiger charge is 2.07. The molecule has 6 heteroatoms. The molecule has 0 fully saturated rings. The van der Waals surface area contributed by atoms with Crippen molar-refractivity contribution < 1.29 is 0 Å². The van der Waals surface area contributed by atoms with Crippen LogP contribution in [0.25, 0.3) is 11.3 Å². The molecule has 3 heterocycles. The average molecular weight is 257 g/mol. The van der Waals surface area contributed by atoms with Gasteiger partial charge >= 0.3 is 0 Å². The molecule has 90 valence electrons. The van der Waals surface area contributed by atoms with Crippen LogP contribution >= 0.6 is 11.3 Å². The molecule has 0 saturated carbocycles. The van der Waals surface area contributed by atoms with Crippen LogP contribution in [-0.2, 0) is 6.54 Å². The summed E-state index contributed by atoms with van der Waals surface area (Å²) in [6.45, 7) is 0.709. The number of thiazole rings is 1. The lowest BCUT2D eigenvalue weighted by Crippen LogP contribution is -2.01. The summed E-state index contributed by atoms with van der Waals surface area (Å²) in [7, 11) is 0. The van der Waals surface area contributed by atoms with Gasteiger partial charge in [-0.3, -0.25) is 0 Å². The van der Waals surface area contributed by atoms with Crippen molar-refractivity contribution in [3.8, 4) is 11.3 Å². The Morgan fingerprint density at radius 1 is 1.33 bits per heavy atom. The summed E-state index contributed by atoms with van der Waals surface area (Å²) in [5, 5.41) is 2.03. The predicted octanol–water partition coefficient (Wildman–Crippen LogP) is 2.03. The van der Waals surface area contributed by atoms with Crippen molar-refractivity contribution in [3.05, 3.63) is 47.4 Å². The number of anilines is 1. The predicted molar refractivity (Wildman–Crippen MR) is 71.1 cm³/mol. The van der Waals surface area contributed by atoms with Crippen LogP contribution in [0.15, 0.2) is 41.7 Å². The van der Waals surface area contributed by atoms with Gasteiger partial charge in [0.1, 0.15) is 5.82 Å². The van der Waals surface area contributed by atoms with Gasteiger partial charge in [-0.15, -0.1) is 11.3 Å². The van der Waals surface area contributed by atoms with Crippen molar-refractivity contribution in [1.29, 1.82) is 0 Å². The number of pyridine rings is 1. The zero-order valence-electron chi connectivity index (χ0n) is 9.52. The Morgan fingerprint density at radius 3 is 3.06 bits per heavy atom. The Kier molecular flexibility index (Phi) is 2.77. The van der Waals surface area contributed by atoms with Gasteiger partial charge in [-0.25, -0.2) is 15.0 Å². The number of aromatic nitrogens is 4. The number of hydrogen-bond donors (Lipinski definition) is 1. The number of hydrogen-bond acceptors (Lipinski definition) is 5. The highest BCUT2D eigenvalue weighted by Crippen LogP contribution is 2.20. The third kappa shape index (κ3) is 2.10. The van der Waals surface area contributed by atoms with Crippen LogP contribution in [0.5, 0.6) is 0 Å². The van der Waals surface area contributed by atoms with E-state index in [9.17, 15) is 0 Å². The van der Waals surface area contributed by atoms with Gasteiger partial charge in [0.15, 0.2) is 0 Å². The van der Waals surface area contributed by atoms with E-state index in [1.54, 1.807) is 23.9 Å². The summed E-state index contributed by atoms with van der Waals surface area (Å²) in [4.78, 5) is 12.5. The van der Waals surface area contributed by atoms with Crippen molar-refractivity contribution in [2.75, 3.05) is 5.73 Å². The summed E-state index contributed by atoms with van der Waals surface area (Å²) in [5.74, 6) is 0.508. The number of rotatable bonds is 3. The molecular weight excluding hydrogens is 246 g/mol. The minimum atomic E-state index is 0.508. The van der Waals surface area contributed by atoms with Crippen molar-refractivity contribution >= 4 is 17.2 Å². The fourth-order valence-electron chi connectivity index (χ4n) is 1.78. The van der Waals surface area contributed by atoms with Gasteiger partial charge in [-0.1, -0.05) is 0 Å². The normalized spacial score (nSPS) is 10.7. The van der Waals surface area contributed by atoms with E-state index in [0.717, 1.165) is 17.0 Å². The lowest BCUT2D eigenvalue weighted by atomic mass is 10.2. The lowest BCUT2D eigenvalue weighted by Gasteiger charge is -2.06. The van der Waals surface area contributed by atoms with Gasteiger partial charge < -0.3 is 10.3 Å². The number of nitrogen functional groups attached to an aromatic ring is 1.